The summed E-state index contributed by atoms with van der Waals surface area (Å²) in [4.78, 5) is 13.0. The molecule has 1 rings (SSSR count). The highest BCUT2D eigenvalue weighted by molar-refractivity contribution is 5.88. The number of rotatable bonds is 7. The first-order chi connectivity index (χ1) is 8.54. The van der Waals surface area contributed by atoms with Gasteiger partial charge < -0.3 is 14.7 Å². The number of carbonyl (C=O) groups is 1. The first kappa shape index (κ1) is 14.5. The first-order valence-corrected chi connectivity index (χ1v) is 6.12. The van der Waals surface area contributed by atoms with Gasteiger partial charge in [-0.15, -0.1) is 0 Å². The van der Waals surface area contributed by atoms with E-state index in [0.717, 1.165) is 18.8 Å². The number of nitrogens with zero attached hydrogens (tertiary/aromatic N) is 1. The monoisotopic (exact) mass is 251 g/mol. The third-order valence-corrected chi connectivity index (χ3v) is 2.63. The van der Waals surface area contributed by atoms with Crippen LogP contribution in [0.3, 0.4) is 0 Å². The zero-order valence-corrected chi connectivity index (χ0v) is 11.2. The van der Waals surface area contributed by atoms with Gasteiger partial charge in [-0.1, -0.05) is 13.8 Å². The second-order valence-corrected chi connectivity index (χ2v) is 4.68. The summed E-state index contributed by atoms with van der Waals surface area (Å²) in [7, 11) is 1.68. The molecule has 1 aromatic rings. The number of benzene rings is 1. The molecule has 1 N–H and O–H groups in total. The van der Waals surface area contributed by atoms with Gasteiger partial charge in [0.15, 0.2) is 0 Å². The summed E-state index contributed by atoms with van der Waals surface area (Å²) in [6, 6.07) is 6.97. The molecule has 0 fully saturated rings. The van der Waals surface area contributed by atoms with Crippen LogP contribution in [-0.4, -0.2) is 37.9 Å². The van der Waals surface area contributed by atoms with Gasteiger partial charge in [-0.25, -0.2) is 4.79 Å². The number of ether oxygens (including phenoxy) is 1. The minimum absolute atomic E-state index is 0.315. The fourth-order valence-corrected chi connectivity index (χ4v) is 1.78. The van der Waals surface area contributed by atoms with Crippen LogP contribution in [0.15, 0.2) is 24.3 Å². The van der Waals surface area contributed by atoms with Crippen LogP contribution in [0, 0.1) is 5.92 Å². The van der Waals surface area contributed by atoms with Gasteiger partial charge in [0, 0.05) is 25.9 Å². The van der Waals surface area contributed by atoms with Crippen molar-refractivity contribution >= 4 is 11.7 Å². The van der Waals surface area contributed by atoms with Crippen molar-refractivity contribution in [1.29, 1.82) is 0 Å². The quantitative estimate of drug-likeness (QED) is 0.809. The lowest BCUT2D eigenvalue weighted by atomic mass is 10.1. The van der Waals surface area contributed by atoms with Gasteiger partial charge in [-0.2, -0.15) is 0 Å². The largest absolute Gasteiger partial charge is 0.478 e. The van der Waals surface area contributed by atoms with E-state index in [0.29, 0.717) is 18.1 Å². The van der Waals surface area contributed by atoms with Gasteiger partial charge in [0.1, 0.15) is 0 Å². The van der Waals surface area contributed by atoms with E-state index < -0.39 is 5.97 Å². The van der Waals surface area contributed by atoms with E-state index in [1.807, 2.05) is 12.1 Å². The zero-order valence-electron chi connectivity index (χ0n) is 11.2. The zero-order chi connectivity index (χ0) is 13.5. The molecule has 1 aromatic carbocycles. The van der Waals surface area contributed by atoms with E-state index in [2.05, 4.69) is 18.7 Å². The molecule has 0 atom stereocenters. The Labute approximate surface area is 108 Å². The van der Waals surface area contributed by atoms with E-state index in [4.69, 9.17) is 9.84 Å². The lowest BCUT2D eigenvalue weighted by Gasteiger charge is -2.26. The Morgan fingerprint density at radius 3 is 2.39 bits per heavy atom. The SMILES string of the molecule is COCCN(CC(C)C)c1ccc(C(=O)O)cc1. The van der Waals surface area contributed by atoms with Crippen molar-refractivity contribution in [3.05, 3.63) is 29.8 Å². The summed E-state index contributed by atoms with van der Waals surface area (Å²) in [5, 5.41) is 8.87. The molecule has 0 radical (unpaired) electrons. The molecule has 100 valence electrons. The van der Waals surface area contributed by atoms with Crippen molar-refractivity contribution in [3.63, 3.8) is 0 Å². The predicted octanol–water partition coefficient (Wildman–Crippen LogP) is 2.49. The third-order valence-electron chi connectivity index (χ3n) is 2.63. The normalized spacial score (nSPS) is 10.7. The number of methoxy groups -OCH3 is 1. The van der Waals surface area contributed by atoms with Crippen molar-refractivity contribution in [3.8, 4) is 0 Å². The predicted molar refractivity (Wildman–Crippen MR) is 72.3 cm³/mol. The maximum atomic E-state index is 10.8. The van der Waals surface area contributed by atoms with Gasteiger partial charge in [-0.3, -0.25) is 0 Å². The van der Waals surface area contributed by atoms with Crippen LogP contribution in [0.1, 0.15) is 24.2 Å². The lowest BCUT2D eigenvalue weighted by molar-refractivity contribution is 0.0697. The molecular formula is C14H21NO3. The molecule has 0 spiro atoms. The fourth-order valence-electron chi connectivity index (χ4n) is 1.78. The van der Waals surface area contributed by atoms with Crippen molar-refractivity contribution in [2.45, 2.75) is 13.8 Å². The van der Waals surface area contributed by atoms with Crippen molar-refractivity contribution in [2.24, 2.45) is 5.92 Å². The highest BCUT2D eigenvalue weighted by atomic mass is 16.5. The molecule has 0 aromatic heterocycles. The minimum atomic E-state index is -0.895. The summed E-state index contributed by atoms with van der Waals surface area (Å²) in [6.45, 7) is 6.71. The van der Waals surface area contributed by atoms with Crippen LogP contribution >= 0.6 is 0 Å². The number of carboxylic acid groups (broad SMARTS) is 1. The molecule has 4 heteroatoms. The summed E-state index contributed by atoms with van der Waals surface area (Å²) in [6.07, 6.45) is 0. The summed E-state index contributed by atoms with van der Waals surface area (Å²) in [5.41, 5.74) is 1.35. The lowest BCUT2D eigenvalue weighted by Crippen LogP contribution is -2.30. The van der Waals surface area contributed by atoms with Gasteiger partial charge in [0.05, 0.1) is 12.2 Å². The number of hydrogen-bond donors (Lipinski definition) is 1. The summed E-state index contributed by atoms with van der Waals surface area (Å²) < 4.78 is 5.10. The molecule has 0 saturated carbocycles. The Balaban J connectivity index is 2.80. The summed E-state index contributed by atoms with van der Waals surface area (Å²) in [5.74, 6) is -0.352. The van der Waals surface area contributed by atoms with E-state index in [1.54, 1.807) is 19.2 Å². The Hall–Kier alpha value is -1.55. The minimum Gasteiger partial charge on any atom is -0.478 e. The van der Waals surface area contributed by atoms with Crippen molar-refractivity contribution in [2.75, 3.05) is 31.7 Å². The molecule has 0 amide bonds. The van der Waals surface area contributed by atoms with Crippen LogP contribution in [0.25, 0.3) is 0 Å². The number of hydrogen-bond acceptors (Lipinski definition) is 3. The fraction of sp³-hybridized carbons (Fsp3) is 0.500. The van der Waals surface area contributed by atoms with Crippen LogP contribution < -0.4 is 4.90 Å². The highest BCUT2D eigenvalue weighted by Gasteiger charge is 2.09. The van der Waals surface area contributed by atoms with Crippen LogP contribution in [0.4, 0.5) is 5.69 Å². The second kappa shape index (κ2) is 7.01. The highest BCUT2D eigenvalue weighted by Crippen LogP contribution is 2.16. The average Bonchev–Trinajstić information content (AvgIpc) is 2.34. The van der Waals surface area contributed by atoms with E-state index in [-0.39, 0.29) is 0 Å². The van der Waals surface area contributed by atoms with Gasteiger partial charge in [0.25, 0.3) is 0 Å². The van der Waals surface area contributed by atoms with Crippen LogP contribution in [0.2, 0.25) is 0 Å². The Morgan fingerprint density at radius 1 is 1.33 bits per heavy atom. The molecule has 0 aliphatic rings. The maximum Gasteiger partial charge on any atom is 0.335 e. The molecule has 0 saturated heterocycles. The Kier molecular flexibility index (Phi) is 5.65. The first-order valence-electron chi connectivity index (χ1n) is 6.12. The molecule has 0 unspecified atom stereocenters. The number of aromatic carboxylic acids is 1. The summed E-state index contributed by atoms with van der Waals surface area (Å²) >= 11 is 0. The van der Waals surface area contributed by atoms with Crippen molar-refractivity contribution < 1.29 is 14.6 Å². The molecular weight excluding hydrogens is 230 g/mol. The van der Waals surface area contributed by atoms with Gasteiger partial charge in [-0.05, 0) is 30.2 Å². The molecule has 0 aliphatic carbocycles. The van der Waals surface area contributed by atoms with Crippen LogP contribution in [-0.2, 0) is 4.74 Å². The number of carboxylic acids is 1. The smallest absolute Gasteiger partial charge is 0.335 e. The topological polar surface area (TPSA) is 49.8 Å². The third kappa shape index (κ3) is 4.37. The van der Waals surface area contributed by atoms with E-state index in [9.17, 15) is 4.79 Å². The van der Waals surface area contributed by atoms with Crippen molar-refractivity contribution in [1.82, 2.24) is 0 Å². The van der Waals surface area contributed by atoms with Crippen LogP contribution in [0.5, 0.6) is 0 Å². The van der Waals surface area contributed by atoms with Gasteiger partial charge >= 0.3 is 5.97 Å². The maximum absolute atomic E-state index is 10.8. The average molecular weight is 251 g/mol. The second-order valence-electron chi connectivity index (χ2n) is 4.68. The Morgan fingerprint density at radius 2 is 1.94 bits per heavy atom. The van der Waals surface area contributed by atoms with E-state index in [1.165, 1.54) is 0 Å². The number of anilines is 1. The Bertz CT molecular complexity index is 373. The molecule has 0 heterocycles. The molecule has 18 heavy (non-hydrogen) atoms. The van der Waals surface area contributed by atoms with Gasteiger partial charge in [0.2, 0.25) is 0 Å². The molecule has 4 nitrogen and oxygen atoms in total. The molecule has 0 aliphatic heterocycles. The molecule has 0 bridgehead atoms. The van der Waals surface area contributed by atoms with E-state index >= 15 is 0 Å². The standard InChI is InChI=1S/C14H21NO3/c1-11(2)10-15(8-9-18-3)13-6-4-12(5-7-13)14(16)17/h4-7,11H,8-10H2,1-3H3,(H,16,17).